The van der Waals surface area contributed by atoms with E-state index in [1.165, 1.54) is 0 Å². The van der Waals surface area contributed by atoms with Crippen LogP contribution in [0, 0.1) is 0 Å². The molecule has 0 aromatic heterocycles. The summed E-state index contributed by atoms with van der Waals surface area (Å²) in [5, 5.41) is 0. The molecule has 0 atom stereocenters. The first-order valence-electron chi connectivity index (χ1n) is 11.0. The van der Waals surface area contributed by atoms with Crippen LogP contribution in [0.1, 0.15) is 53.0 Å². The zero-order chi connectivity index (χ0) is 23.5. The predicted molar refractivity (Wildman–Crippen MR) is 128 cm³/mol. The van der Waals surface area contributed by atoms with Gasteiger partial charge in [0.25, 0.3) is 0 Å². The molecule has 0 unspecified atom stereocenters. The van der Waals surface area contributed by atoms with Gasteiger partial charge in [0.05, 0.1) is 30.0 Å². The highest BCUT2D eigenvalue weighted by Crippen LogP contribution is 2.29. The van der Waals surface area contributed by atoms with Gasteiger partial charge >= 0.3 is 11.9 Å². The van der Waals surface area contributed by atoms with Crippen molar-refractivity contribution in [1.29, 1.82) is 0 Å². The second-order valence-corrected chi connectivity index (χ2v) is 7.19. The molecule has 0 saturated heterocycles. The number of aliphatic imine (C=N–C) groups is 1. The first kappa shape index (κ1) is 23.7. The topological polar surface area (TPSA) is 74.2 Å². The Morgan fingerprint density at radius 1 is 0.848 bits per heavy atom. The van der Waals surface area contributed by atoms with Crippen LogP contribution < -0.4 is 9.47 Å². The third-order valence-corrected chi connectivity index (χ3v) is 4.68. The van der Waals surface area contributed by atoms with Crippen LogP contribution in [0.2, 0.25) is 0 Å². The molecular weight excluding hydrogens is 418 g/mol. The number of carbonyl (C=O) groups is 2. The van der Waals surface area contributed by atoms with Crippen molar-refractivity contribution in [2.24, 2.45) is 4.99 Å². The third-order valence-electron chi connectivity index (χ3n) is 4.68. The molecule has 0 amide bonds. The van der Waals surface area contributed by atoms with E-state index in [1.54, 1.807) is 72.9 Å². The lowest BCUT2D eigenvalue weighted by Crippen LogP contribution is -2.09. The number of ether oxygens (including phenoxy) is 3. The molecule has 3 aromatic rings. The number of nitrogens with zero attached hydrogens (tertiary/aromatic N) is 1. The second-order valence-electron chi connectivity index (χ2n) is 7.19. The van der Waals surface area contributed by atoms with E-state index in [4.69, 9.17) is 14.2 Å². The fraction of sp³-hybridized carbons (Fsp3) is 0.222. The molecule has 0 saturated carbocycles. The average molecular weight is 446 g/mol. The number of esters is 2. The van der Waals surface area contributed by atoms with Crippen molar-refractivity contribution in [3.8, 4) is 11.5 Å². The SMILES string of the molecule is CCCCOC(=O)c1ccc(N=Cc2ccc(OC(=O)c3ccccc3)c(OCC)c2)cc1. The Balaban J connectivity index is 1.68. The number of benzene rings is 3. The van der Waals surface area contributed by atoms with Crippen molar-refractivity contribution in [2.45, 2.75) is 26.7 Å². The molecule has 3 aromatic carbocycles. The Bertz CT molecular complexity index is 1090. The van der Waals surface area contributed by atoms with Crippen LogP contribution in [-0.4, -0.2) is 31.4 Å². The van der Waals surface area contributed by atoms with E-state index in [0.717, 1.165) is 18.4 Å². The van der Waals surface area contributed by atoms with Crippen LogP contribution in [0.4, 0.5) is 5.69 Å². The molecule has 0 radical (unpaired) electrons. The van der Waals surface area contributed by atoms with Gasteiger partial charge in [-0.25, -0.2) is 9.59 Å². The Kier molecular flexibility index (Phi) is 8.77. The van der Waals surface area contributed by atoms with Crippen LogP contribution >= 0.6 is 0 Å². The highest BCUT2D eigenvalue weighted by Gasteiger charge is 2.13. The number of hydrogen-bond donors (Lipinski definition) is 0. The molecule has 0 spiro atoms. The highest BCUT2D eigenvalue weighted by atomic mass is 16.6. The van der Waals surface area contributed by atoms with Crippen molar-refractivity contribution in [3.63, 3.8) is 0 Å². The zero-order valence-electron chi connectivity index (χ0n) is 18.8. The van der Waals surface area contributed by atoms with Gasteiger partial charge in [-0.3, -0.25) is 4.99 Å². The number of rotatable bonds is 10. The molecule has 0 heterocycles. The molecule has 0 N–H and O–H groups in total. The molecular formula is C27H27NO5. The summed E-state index contributed by atoms with van der Waals surface area (Å²) in [5.74, 6) is 0.0111. The lowest BCUT2D eigenvalue weighted by atomic mass is 10.2. The van der Waals surface area contributed by atoms with Crippen LogP contribution in [0.15, 0.2) is 77.8 Å². The molecule has 0 aliphatic rings. The van der Waals surface area contributed by atoms with Crippen molar-refractivity contribution in [1.82, 2.24) is 0 Å². The molecule has 0 bridgehead atoms. The van der Waals surface area contributed by atoms with E-state index in [1.807, 2.05) is 19.9 Å². The lowest BCUT2D eigenvalue weighted by Gasteiger charge is -2.11. The molecule has 6 heteroatoms. The van der Waals surface area contributed by atoms with E-state index in [-0.39, 0.29) is 5.97 Å². The van der Waals surface area contributed by atoms with Gasteiger partial charge in [-0.15, -0.1) is 0 Å². The minimum Gasteiger partial charge on any atom is -0.490 e. The molecule has 170 valence electrons. The van der Waals surface area contributed by atoms with Gasteiger partial charge in [0.15, 0.2) is 11.5 Å². The standard InChI is InChI=1S/C27H27NO5/c1-3-5-17-32-26(29)22-12-14-23(15-13-22)28-19-20-11-16-24(25(18-20)31-4-2)33-27(30)21-9-7-6-8-10-21/h6-16,18-19H,3-5,17H2,1-2H3. The summed E-state index contributed by atoms with van der Waals surface area (Å²) in [6, 6.07) is 20.9. The second kappa shape index (κ2) is 12.2. The first-order valence-corrected chi connectivity index (χ1v) is 11.0. The minimum absolute atomic E-state index is 0.332. The molecule has 0 aliphatic heterocycles. The lowest BCUT2D eigenvalue weighted by molar-refractivity contribution is 0.0499. The van der Waals surface area contributed by atoms with E-state index in [0.29, 0.717) is 41.5 Å². The molecule has 33 heavy (non-hydrogen) atoms. The number of hydrogen-bond acceptors (Lipinski definition) is 6. The fourth-order valence-corrected chi connectivity index (χ4v) is 2.92. The van der Waals surface area contributed by atoms with Gasteiger partial charge < -0.3 is 14.2 Å². The van der Waals surface area contributed by atoms with Gasteiger partial charge in [0.1, 0.15) is 0 Å². The van der Waals surface area contributed by atoms with Gasteiger partial charge in [-0.2, -0.15) is 0 Å². The molecule has 0 aliphatic carbocycles. The van der Waals surface area contributed by atoms with Crippen LogP contribution in [-0.2, 0) is 4.74 Å². The maximum atomic E-state index is 12.4. The normalized spacial score (nSPS) is 10.7. The Morgan fingerprint density at radius 3 is 2.27 bits per heavy atom. The van der Waals surface area contributed by atoms with Gasteiger partial charge in [0, 0.05) is 6.21 Å². The van der Waals surface area contributed by atoms with Crippen molar-refractivity contribution >= 4 is 23.8 Å². The Labute approximate surface area is 193 Å². The van der Waals surface area contributed by atoms with Gasteiger partial charge in [0.2, 0.25) is 0 Å². The van der Waals surface area contributed by atoms with E-state index >= 15 is 0 Å². The van der Waals surface area contributed by atoms with Crippen LogP contribution in [0.25, 0.3) is 0 Å². The van der Waals surface area contributed by atoms with Gasteiger partial charge in [-0.05, 0) is 73.5 Å². The minimum atomic E-state index is -0.453. The van der Waals surface area contributed by atoms with E-state index < -0.39 is 5.97 Å². The summed E-state index contributed by atoms with van der Waals surface area (Å²) in [4.78, 5) is 28.8. The van der Waals surface area contributed by atoms with Crippen molar-refractivity contribution < 1.29 is 23.8 Å². The number of carbonyl (C=O) groups excluding carboxylic acids is 2. The quantitative estimate of drug-likeness (QED) is 0.165. The third kappa shape index (κ3) is 7.04. The summed E-state index contributed by atoms with van der Waals surface area (Å²) in [5.41, 5.74) is 2.43. The largest absolute Gasteiger partial charge is 0.490 e. The monoisotopic (exact) mass is 445 g/mol. The summed E-state index contributed by atoms with van der Waals surface area (Å²) < 4.78 is 16.4. The zero-order valence-corrected chi connectivity index (χ0v) is 18.8. The number of unbranched alkanes of at least 4 members (excludes halogenated alkanes) is 1. The summed E-state index contributed by atoms with van der Waals surface area (Å²) in [7, 11) is 0. The maximum Gasteiger partial charge on any atom is 0.343 e. The maximum absolute atomic E-state index is 12.4. The first-order chi connectivity index (χ1) is 16.1. The predicted octanol–water partition coefficient (Wildman–Crippen LogP) is 6.01. The van der Waals surface area contributed by atoms with Crippen LogP contribution in [0.3, 0.4) is 0 Å². The summed E-state index contributed by atoms with van der Waals surface area (Å²) in [6.07, 6.45) is 3.50. The summed E-state index contributed by atoms with van der Waals surface area (Å²) in [6.45, 7) is 4.75. The van der Waals surface area contributed by atoms with Crippen LogP contribution in [0.5, 0.6) is 11.5 Å². The fourth-order valence-electron chi connectivity index (χ4n) is 2.92. The van der Waals surface area contributed by atoms with E-state index in [9.17, 15) is 9.59 Å². The Morgan fingerprint density at radius 2 is 1.58 bits per heavy atom. The molecule has 0 fully saturated rings. The summed E-state index contributed by atoms with van der Waals surface area (Å²) >= 11 is 0. The van der Waals surface area contributed by atoms with Gasteiger partial charge in [-0.1, -0.05) is 31.5 Å². The average Bonchev–Trinajstić information content (AvgIpc) is 2.85. The molecule has 3 rings (SSSR count). The smallest absolute Gasteiger partial charge is 0.343 e. The molecule has 6 nitrogen and oxygen atoms in total. The Hall–Kier alpha value is -3.93. The van der Waals surface area contributed by atoms with Crippen molar-refractivity contribution in [2.75, 3.05) is 13.2 Å². The highest BCUT2D eigenvalue weighted by molar-refractivity contribution is 5.92. The van der Waals surface area contributed by atoms with Crippen molar-refractivity contribution in [3.05, 3.63) is 89.5 Å². The van der Waals surface area contributed by atoms with E-state index in [2.05, 4.69) is 4.99 Å².